The second-order valence-electron chi connectivity index (χ2n) is 7.18. The minimum Gasteiger partial charge on any atom is -0.349 e. The van der Waals surface area contributed by atoms with Crippen LogP contribution in [0.15, 0.2) is 61.4 Å². The first-order valence-corrected chi connectivity index (χ1v) is 9.77. The highest BCUT2D eigenvalue weighted by molar-refractivity contribution is 5.64. The molecule has 9 heteroatoms. The molecule has 5 aromatic heterocycles. The van der Waals surface area contributed by atoms with Crippen molar-refractivity contribution in [1.82, 2.24) is 39.7 Å². The zero-order valence-electron chi connectivity index (χ0n) is 17.1. The average molecular weight is 409 g/mol. The summed E-state index contributed by atoms with van der Waals surface area (Å²) in [5, 5.41) is 16.2. The number of hydrogen-bond acceptors (Lipinski definition) is 8. The zero-order chi connectivity index (χ0) is 21.2. The summed E-state index contributed by atoms with van der Waals surface area (Å²) < 4.78 is 1.66. The molecule has 0 fully saturated rings. The minimum absolute atomic E-state index is 0.553. The van der Waals surface area contributed by atoms with Crippen molar-refractivity contribution in [3.8, 4) is 22.5 Å². The minimum atomic E-state index is 0.553. The summed E-state index contributed by atoms with van der Waals surface area (Å²) in [7, 11) is 0. The number of aryl methyl sites for hydroxylation is 2. The summed E-state index contributed by atoms with van der Waals surface area (Å²) in [5.74, 6) is 0.562. The molecule has 0 aliphatic carbocycles. The van der Waals surface area contributed by atoms with Gasteiger partial charge in [-0.3, -0.25) is 19.9 Å². The second kappa shape index (κ2) is 7.86. The molecule has 5 aromatic rings. The number of anilines is 1. The predicted octanol–water partition coefficient (Wildman–Crippen LogP) is 3.27. The van der Waals surface area contributed by atoms with Gasteiger partial charge < -0.3 is 5.32 Å². The Labute approximate surface area is 178 Å². The Bertz CT molecular complexity index is 1360. The van der Waals surface area contributed by atoms with Crippen LogP contribution in [0.25, 0.3) is 28.2 Å². The molecule has 0 bridgehead atoms. The molecule has 9 nitrogen and oxygen atoms in total. The molecule has 31 heavy (non-hydrogen) atoms. The van der Waals surface area contributed by atoms with Gasteiger partial charge in [-0.05, 0) is 43.2 Å². The fourth-order valence-electron chi connectivity index (χ4n) is 3.40. The molecule has 0 saturated carbocycles. The van der Waals surface area contributed by atoms with Crippen molar-refractivity contribution < 1.29 is 0 Å². The maximum atomic E-state index is 4.66. The van der Waals surface area contributed by atoms with E-state index in [4.69, 9.17) is 0 Å². The van der Waals surface area contributed by atoms with Crippen molar-refractivity contribution in [3.05, 3.63) is 78.3 Å². The van der Waals surface area contributed by atoms with Gasteiger partial charge in [0.15, 0.2) is 5.65 Å². The van der Waals surface area contributed by atoms with E-state index in [1.54, 1.807) is 35.5 Å². The lowest BCUT2D eigenvalue weighted by Gasteiger charge is -2.09. The number of aromatic nitrogens is 8. The van der Waals surface area contributed by atoms with Crippen molar-refractivity contribution in [2.45, 2.75) is 20.4 Å². The van der Waals surface area contributed by atoms with Gasteiger partial charge in [0, 0.05) is 48.2 Å². The van der Waals surface area contributed by atoms with Crippen LogP contribution in [-0.4, -0.2) is 39.7 Å². The van der Waals surface area contributed by atoms with Crippen LogP contribution in [0.1, 0.15) is 16.8 Å². The summed E-state index contributed by atoms with van der Waals surface area (Å²) in [5.41, 5.74) is 7.34. The van der Waals surface area contributed by atoms with E-state index in [9.17, 15) is 0 Å². The summed E-state index contributed by atoms with van der Waals surface area (Å²) in [6.45, 7) is 4.59. The number of pyridine rings is 2. The summed E-state index contributed by atoms with van der Waals surface area (Å²) in [6, 6.07) is 8.01. The van der Waals surface area contributed by atoms with Gasteiger partial charge >= 0.3 is 0 Å². The predicted molar refractivity (Wildman–Crippen MR) is 116 cm³/mol. The lowest BCUT2D eigenvalue weighted by Crippen LogP contribution is -2.06. The van der Waals surface area contributed by atoms with Crippen molar-refractivity contribution in [2.24, 2.45) is 0 Å². The maximum absolute atomic E-state index is 4.66. The number of hydrogen-bond donors (Lipinski definition) is 1. The summed E-state index contributed by atoms with van der Waals surface area (Å²) >= 11 is 0. The van der Waals surface area contributed by atoms with Crippen LogP contribution in [0, 0.1) is 13.8 Å². The molecule has 5 heterocycles. The Hall–Kier alpha value is -4.27. The number of nitrogens with zero attached hydrogens (tertiary/aromatic N) is 8. The number of rotatable bonds is 5. The monoisotopic (exact) mass is 409 g/mol. The van der Waals surface area contributed by atoms with Gasteiger partial charge in [-0.25, -0.2) is 0 Å². The highest BCUT2D eigenvalue weighted by atomic mass is 15.4. The molecule has 0 unspecified atom stereocenters. The van der Waals surface area contributed by atoms with Gasteiger partial charge in [0.1, 0.15) is 0 Å². The van der Waals surface area contributed by atoms with Crippen LogP contribution in [0.2, 0.25) is 0 Å². The first kappa shape index (κ1) is 18.7. The highest BCUT2D eigenvalue weighted by Gasteiger charge is 2.10. The van der Waals surface area contributed by atoms with Crippen LogP contribution < -0.4 is 5.32 Å². The number of nitrogens with one attached hydrogen (secondary N) is 1. The van der Waals surface area contributed by atoms with Gasteiger partial charge in [-0.1, -0.05) is 6.07 Å². The Morgan fingerprint density at radius 3 is 2.61 bits per heavy atom. The fraction of sp³-hybridized carbons (Fsp3) is 0.136. The van der Waals surface area contributed by atoms with Crippen LogP contribution in [0.4, 0.5) is 5.95 Å². The Kier molecular flexibility index (Phi) is 4.75. The maximum Gasteiger partial charge on any atom is 0.246 e. The van der Waals surface area contributed by atoms with Crippen molar-refractivity contribution in [2.75, 3.05) is 5.32 Å². The van der Waals surface area contributed by atoms with E-state index in [1.807, 2.05) is 31.3 Å². The molecule has 0 radical (unpaired) electrons. The lowest BCUT2D eigenvalue weighted by atomic mass is 10.1. The SMILES string of the molecule is Cc1cc(-c2ncc(CNc3nnc4cc(-c5cnccn5)cnn34)cc2C)ccn1. The lowest BCUT2D eigenvalue weighted by molar-refractivity contribution is 0.911. The molecule has 0 aliphatic rings. The van der Waals surface area contributed by atoms with Gasteiger partial charge in [-0.2, -0.15) is 9.61 Å². The fourth-order valence-corrected chi connectivity index (χ4v) is 3.40. The van der Waals surface area contributed by atoms with E-state index >= 15 is 0 Å². The van der Waals surface area contributed by atoms with E-state index in [0.29, 0.717) is 18.1 Å². The highest BCUT2D eigenvalue weighted by Crippen LogP contribution is 2.22. The van der Waals surface area contributed by atoms with Gasteiger partial charge in [-0.15, -0.1) is 10.2 Å². The Morgan fingerprint density at radius 1 is 0.871 bits per heavy atom. The van der Waals surface area contributed by atoms with Gasteiger partial charge in [0.25, 0.3) is 0 Å². The quantitative estimate of drug-likeness (QED) is 0.471. The van der Waals surface area contributed by atoms with Crippen LogP contribution in [-0.2, 0) is 6.54 Å². The molecule has 5 rings (SSSR count). The third-order valence-corrected chi connectivity index (χ3v) is 4.88. The summed E-state index contributed by atoms with van der Waals surface area (Å²) in [6.07, 6.45) is 10.4. The zero-order valence-corrected chi connectivity index (χ0v) is 17.1. The smallest absolute Gasteiger partial charge is 0.246 e. The Morgan fingerprint density at radius 2 is 1.81 bits per heavy atom. The first-order chi connectivity index (χ1) is 15.2. The molecule has 1 N–H and O–H groups in total. The molecular formula is C22H19N9. The molecule has 0 amide bonds. The van der Waals surface area contributed by atoms with Gasteiger partial charge in [0.2, 0.25) is 5.95 Å². The van der Waals surface area contributed by atoms with Crippen molar-refractivity contribution >= 4 is 11.6 Å². The van der Waals surface area contributed by atoms with Crippen LogP contribution in [0.5, 0.6) is 0 Å². The molecule has 0 atom stereocenters. The van der Waals surface area contributed by atoms with E-state index in [-0.39, 0.29) is 0 Å². The van der Waals surface area contributed by atoms with Crippen LogP contribution >= 0.6 is 0 Å². The molecule has 0 aromatic carbocycles. The van der Waals surface area contributed by atoms with E-state index in [2.05, 4.69) is 53.5 Å². The average Bonchev–Trinajstić information content (AvgIpc) is 3.20. The molecule has 152 valence electrons. The van der Waals surface area contributed by atoms with E-state index in [0.717, 1.165) is 39.3 Å². The second-order valence-corrected chi connectivity index (χ2v) is 7.18. The third kappa shape index (κ3) is 3.80. The topological polar surface area (TPSA) is 107 Å². The van der Waals surface area contributed by atoms with Crippen molar-refractivity contribution in [3.63, 3.8) is 0 Å². The van der Waals surface area contributed by atoms with Crippen molar-refractivity contribution in [1.29, 1.82) is 0 Å². The van der Waals surface area contributed by atoms with E-state index < -0.39 is 0 Å². The number of fused-ring (bicyclic) bond motifs is 1. The third-order valence-electron chi connectivity index (χ3n) is 4.88. The largest absolute Gasteiger partial charge is 0.349 e. The molecular weight excluding hydrogens is 390 g/mol. The Balaban J connectivity index is 1.34. The molecule has 0 saturated heterocycles. The first-order valence-electron chi connectivity index (χ1n) is 9.77. The molecule has 0 aliphatic heterocycles. The normalized spacial score (nSPS) is 11.0. The molecule has 0 spiro atoms. The van der Waals surface area contributed by atoms with Gasteiger partial charge in [0.05, 0.1) is 23.8 Å². The standard InChI is InChI=1S/C22H19N9/c1-14-7-16(10-26-21(14)17-3-4-24-15(2)8-17)11-27-22-30-29-20-9-18(12-28-31(20)22)19-13-23-5-6-25-19/h3-10,12-13H,11H2,1-2H3,(H,27,30). The van der Waals surface area contributed by atoms with E-state index in [1.165, 1.54) is 0 Å². The summed E-state index contributed by atoms with van der Waals surface area (Å²) in [4.78, 5) is 17.3. The van der Waals surface area contributed by atoms with Crippen LogP contribution in [0.3, 0.4) is 0 Å².